The highest BCUT2D eigenvalue weighted by molar-refractivity contribution is 8.13. The molecule has 0 aromatic heterocycles. The van der Waals surface area contributed by atoms with E-state index in [1.165, 1.54) is 5.75 Å². The Morgan fingerprint density at radius 2 is 2.20 bits per heavy atom. The summed E-state index contributed by atoms with van der Waals surface area (Å²) in [6.07, 6.45) is 2.15. The van der Waals surface area contributed by atoms with Gasteiger partial charge in [-0.25, -0.2) is 0 Å². The van der Waals surface area contributed by atoms with Crippen molar-refractivity contribution in [3.8, 4) is 0 Å². The minimum absolute atomic E-state index is 0.288. The molecule has 0 saturated heterocycles. The monoisotopic (exact) mass is 246 g/mol. The lowest BCUT2D eigenvalue weighted by molar-refractivity contribution is 0.436. The Balaban J connectivity index is 2.39. The van der Waals surface area contributed by atoms with Crippen LogP contribution in [0.4, 0.5) is 0 Å². The summed E-state index contributed by atoms with van der Waals surface area (Å²) >= 11 is 3.74. The van der Waals surface area contributed by atoms with E-state index >= 15 is 0 Å². The molecular weight excluding hydrogens is 224 g/mol. The van der Waals surface area contributed by atoms with Crippen LogP contribution in [-0.2, 0) is 0 Å². The SMILES string of the molecule is CSC(C)(C)CNC1=NCC(C)(C)CS1. The van der Waals surface area contributed by atoms with Crippen LogP contribution < -0.4 is 5.32 Å². The molecule has 1 N–H and O–H groups in total. The van der Waals surface area contributed by atoms with Crippen molar-refractivity contribution in [1.82, 2.24) is 5.32 Å². The van der Waals surface area contributed by atoms with E-state index in [-0.39, 0.29) is 4.75 Å². The minimum Gasteiger partial charge on any atom is -0.364 e. The van der Waals surface area contributed by atoms with Crippen LogP contribution in [0.25, 0.3) is 0 Å². The lowest BCUT2D eigenvalue weighted by Gasteiger charge is -2.29. The Hall–Kier alpha value is 0.170. The highest BCUT2D eigenvalue weighted by atomic mass is 32.2. The molecule has 0 radical (unpaired) electrons. The Kier molecular flexibility index (Phi) is 4.41. The summed E-state index contributed by atoms with van der Waals surface area (Å²) in [7, 11) is 0. The molecule has 1 aliphatic rings. The van der Waals surface area contributed by atoms with E-state index in [9.17, 15) is 0 Å². The molecule has 0 bridgehead atoms. The first kappa shape index (κ1) is 13.2. The van der Waals surface area contributed by atoms with E-state index in [0.717, 1.165) is 18.3 Å². The van der Waals surface area contributed by atoms with Gasteiger partial charge in [-0.1, -0.05) is 25.6 Å². The number of rotatable bonds is 3. The van der Waals surface area contributed by atoms with Crippen LogP contribution in [0.1, 0.15) is 27.7 Å². The molecule has 1 heterocycles. The first-order chi connectivity index (χ1) is 6.85. The zero-order chi connectivity index (χ0) is 11.5. The van der Waals surface area contributed by atoms with Crippen molar-refractivity contribution in [3.05, 3.63) is 0 Å². The summed E-state index contributed by atoms with van der Waals surface area (Å²) in [5, 5.41) is 4.56. The molecule has 0 atom stereocenters. The Bertz CT molecular complexity index is 247. The van der Waals surface area contributed by atoms with Crippen LogP contribution in [0.5, 0.6) is 0 Å². The van der Waals surface area contributed by atoms with E-state index in [4.69, 9.17) is 0 Å². The molecular formula is C11H22N2S2. The maximum Gasteiger partial charge on any atom is 0.156 e. The highest BCUT2D eigenvalue weighted by Crippen LogP contribution is 2.27. The molecule has 0 aromatic rings. The molecule has 88 valence electrons. The Morgan fingerprint density at radius 1 is 1.53 bits per heavy atom. The quantitative estimate of drug-likeness (QED) is 0.829. The fourth-order valence-corrected chi connectivity index (χ4v) is 2.27. The fraction of sp³-hybridized carbons (Fsp3) is 0.909. The van der Waals surface area contributed by atoms with Crippen LogP contribution in [0, 0.1) is 5.41 Å². The highest BCUT2D eigenvalue weighted by Gasteiger charge is 2.24. The van der Waals surface area contributed by atoms with E-state index in [2.05, 4.69) is 44.3 Å². The fourth-order valence-electron chi connectivity index (χ4n) is 1.11. The van der Waals surface area contributed by atoms with Gasteiger partial charge < -0.3 is 5.32 Å². The van der Waals surface area contributed by atoms with E-state index < -0.39 is 0 Å². The number of amidine groups is 1. The van der Waals surface area contributed by atoms with Crippen molar-refractivity contribution in [2.45, 2.75) is 32.4 Å². The van der Waals surface area contributed by atoms with Gasteiger partial charge in [-0.15, -0.1) is 0 Å². The molecule has 0 aliphatic carbocycles. The molecule has 0 saturated carbocycles. The zero-order valence-corrected chi connectivity index (χ0v) is 12.0. The average Bonchev–Trinajstić information content (AvgIpc) is 2.16. The Labute approximate surface area is 102 Å². The number of aliphatic imine (C=N–C) groups is 1. The van der Waals surface area contributed by atoms with E-state index in [1.807, 2.05) is 23.5 Å². The third kappa shape index (κ3) is 4.68. The predicted molar refractivity (Wildman–Crippen MR) is 74.1 cm³/mol. The van der Waals surface area contributed by atoms with Gasteiger partial charge in [-0.3, -0.25) is 4.99 Å². The van der Waals surface area contributed by atoms with Gasteiger partial charge >= 0.3 is 0 Å². The van der Waals surface area contributed by atoms with Crippen LogP contribution in [-0.4, -0.2) is 35.0 Å². The molecule has 2 nitrogen and oxygen atoms in total. The summed E-state index contributed by atoms with van der Waals surface area (Å²) in [4.78, 5) is 4.58. The topological polar surface area (TPSA) is 24.4 Å². The van der Waals surface area contributed by atoms with Crippen LogP contribution in [0.2, 0.25) is 0 Å². The number of hydrogen-bond acceptors (Lipinski definition) is 4. The maximum atomic E-state index is 4.58. The van der Waals surface area contributed by atoms with Crippen molar-refractivity contribution >= 4 is 28.7 Å². The minimum atomic E-state index is 0.288. The van der Waals surface area contributed by atoms with E-state index in [0.29, 0.717) is 5.41 Å². The molecule has 0 spiro atoms. The van der Waals surface area contributed by atoms with Gasteiger partial charge in [0, 0.05) is 23.6 Å². The van der Waals surface area contributed by atoms with Crippen LogP contribution in [0.3, 0.4) is 0 Å². The number of hydrogen-bond donors (Lipinski definition) is 1. The second-order valence-electron chi connectivity index (χ2n) is 5.39. The third-order valence-electron chi connectivity index (χ3n) is 2.47. The largest absolute Gasteiger partial charge is 0.364 e. The van der Waals surface area contributed by atoms with Gasteiger partial charge in [-0.2, -0.15) is 11.8 Å². The van der Waals surface area contributed by atoms with Crippen LogP contribution >= 0.6 is 23.5 Å². The maximum absolute atomic E-state index is 4.58. The van der Waals surface area contributed by atoms with Gasteiger partial charge in [0.2, 0.25) is 0 Å². The molecule has 15 heavy (non-hydrogen) atoms. The lowest BCUT2D eigenvalue weighted by atomic mass is 9.97. The number of nitrogens with one attached hydrogen (secondary N) is 1. The van der Waals surface area contributed by atoms with E-state index in [1.54, 1.807) is 0 Å². The van der Waals surface area contributed by atoms with Crippen molar-refractivity contribution in [2.24, 2.45) is 10.4 Å². The van der Waals surface area contributed by atoms with Gasteiger partial charge in [0.15, 0.2) is 5.17 Å². The standard InChI is InChI=1S/C11H22N2S2/c1-10(2)6-12-9(15-8-10)13-7-11(3,4)14-5/h6-8H2,1-5H3,(H,12,13). The lowest BCUT2D eigenvalue weighted by Crippen LogP contribution is -2.38. The summed E-state index contributed by atoms with van der Waals surface area (Å²) in [5.74, 6) is 1.17. The average molecular weight is 246 g/mol. The molecule has 4 heteroatoms. The summed E-state index contributed by atoms with van der Waals surface area (Å²) in [5.41, 5.74) is 0.366. The molecule has 1 aliphatic heterocycles. The molecule has 0 aromatic carbocycles. The van der Waals surface area contributed by atoms with Gasteiger partial charge in [-0.05, 0) is 25.5 Å². The molecule has 1 rings (SSSR count). The summed E-state index contributed by atoms with van der Waals surface area (Å²) < 4.78 is 0.288. The van der Waals surface area contributed by atoms with Gasteiger partial charge in [0.1, 0.15) is 0 Å². The smallest absolute Gasteiger partial charge is 0.156 e. The van der Waals surface area contributed by atoms with Crippen molar-refractivity contribution in [3.63, 3.8) is 0 Å². The third-order valence-corrected chi connectivity index (χ3v) is 5.19. The number of nitrogens with zero attached hydrogens (tertiary/aromatic N) is 1. The van der Waals surface area contributed by atoms with Crippen LogP contribution in [0.15, 0.2) is 4.99 Å². The first-order valence-corrected chi connectivity index (χ1v) is 7.52. The number of thioether (sulfide) groups is 2. The summed E-state index contributed by atoms with van der Waals surface area (Å²) in [6, 6.07) is 0. The zero-order valence-electron chi connectivity index (χ0n) is 10.4. The molecule has 0 amide bonds. The summed E-state index contributed by atoms with van der Waals surface area (Å²) in [6.45, 7) is 11.0. The van der Waals surface area contributed by atoms with Gasteiger partial charge in [0.05, 0.1) is 0 Å². The Morgan fingerprint density at radius 3 is 2.67 bits per heavy atom. The van der Waals surface area contributed by atoms with Crippen molar-refractivity contribution < 1.29 is 0 Å². The normalized spacial score (nSPS) is 21.0. The van der Waals surface area contributed by atoms with Crippen molar-refractivity contribution in [2.75, 3.05) is 25.1 Å². The second-order valence-corrected chi connectivity index (χ2v) is 7.87. The van der Waals surface area contributed by atoms with Crippen molar-refractivity contribution in [1.29, 1.82) is 0 Å². The molecule has 0 fully saturated rings. The molecule has 0 unspecified atom stereocenters. The predicted octanol–water partition coefficient (Wildman–Crippen LogP) is 2.85. The second kappa shape index (κ2) is 5.00. The van der Waals surface area contributed by atoms with Gasteiger partial charge in [0.25, 0.3) is 0 Å². The first-order valence-electron chi connectivity index (χ1n) is 5.31.